The van der Waals surface area contributed by atoms with Gasteiger partial charge in [-0.1, -0.05) is 30.3 Å². The Hall–Kier alpha value is -1.67. The number of rotatable bonds is 3. The Morgan fingerprint density at radius 1 is 1.33 bits per heavy atom. The highest BCUT2D eigenvalue weighted by molar-refractivity contribution is 5.85. The third-order valence-corrected chi connectivity index (χ3v) is 2.52. The molecule has 0 saturated carbocycles. The molecule has 0 spiro atoms. The Labute approximate surface area is 89.4 Å². The third-order valence-electron chi connectivity index (χ3n) is 2.52. The van der Waals surface area contributed by atoms with Crippen LogP contribution in [0.25, 0.3) is 10.8 Å². The maximum absolute atomic E-state index is 6.06. The molecule has 0 fully saturated rings. The van der Waals surface area contributed by atoms with Gasteiger partial charge in [-0.05, 0) is 17.4 Å². The van der Waals surface area contributed by atoms with Crippen LogP contribution in [0, 0.1) is 0 Å². The van der Waals surface area contributed by atoms with Gasteiger partial charge in [0.25, 0.3) is 0 Å². The average Bonchev–Trinajstić information content (AvgIpc) is 2.28. The van der Waals surface area contributed by atoms with E-state index >= 15 is 0 Å². The summed E-state index contributed by atoms with van der Waals surface area (Å²) in [6.45, 7) is 3.71. The lowest BCUT2D eigenvalue weighted by atomic mass is 10.0. The Morgan fingerprint density at radius 3 is 2.93 bits per heavy atom. The maximum Gasteiger partial charge on any atom is 0.0351 e. The zero-order valence-corrected chi connectivity index (χ0v) is 8.56. The van der Waals surface area contributed by atoms with Gasteiger partial charge in [-0.15, -0.1) is 6.58 Å². The summed E-state index contributed by atoms with van der Waals surface area (Å²) in [6, 6.07) is 8.14. The van der Waals surface area contributed by atoms with E-state index in [4.69, 9.17) is 5.73 Å². The van der Waals surface area contributed by atoms with Crippen LogP contribution in [-0.4, -0.2) is 4.98 Å². The second-order valence-corrected chi connectivity index (χ2v) is 3.58. The number of benzene rings is 1. The molecule has 0 bridgehead atoms. The van der Waals surface area contributed by atoms with Crippen molar-refractivity contribution in [1.82, 2.24) is 4.98 Å². The van der Waals surface area contributed by atoms with Gasteiger partial charge in [0, 0.05) is 23.8 Å². The van der Waals surface area contributed by atoms with E-state index in [0.29, 0.717) is 0 Å². The maximum atomic E-state index is 6.06. The predicted molar refractivity (Wildman–Crippen MR) is 63.5 cm³/mol. The van der Waals surface area contributed by atoms with Crippen LogP contribution in [0.3, 0.4) is 0 Å². The number of aromatic nitrogens is 1. The summed E-state index contributed by atoms with van der Waals surface area (Å²) in [7, 11) is 0. The van der Waals surface area contributed by atoms with Crippen LogP contribution in [0.15, 0.2) is 49.3 Å². The van der Waals surface area contributed by atoms with E-state index in [1.54, 1.807) is 0 Å². The van der Waals surface area contributed by atoms with Gasteiger partial charge >= 0.3 is 0 Å². The second-order valence-electron chi connectivity index (χ2n) is 3.58. The van der Waals surface area contributed by atoms with Crippen LogP contribution in [-0.2, 0) is 0 Å². The molecule has 2 N–H and O–H groups in total. The molecule has 2 heteroatoms. The Morgan fingerprint density at radius 2 is 2.13 bits per heavy atom. The molecule has 1 aromatic carbocycles. The van der Waals surface area contributed by atoms with Gasteiger partial charge in [-0.25, -0.2) is 0 Å². The molecule has 2 rings (SSSR count). The minimum absolute atomic E-state index is 0.0129. The molecule has 0 saturated heterocycles. The van der Waals surface area contributed by atoms with E-state index in [2.05, 4.69) is 17.6 Å². The fourth-order valence-corrected chi connectivity index (χ4v) is 1.74. The van der Waals surface area contributed by atoms with Gasteiger partial charge in [0.1, 0.15) is 0 Å². The molecule has 0 aliphatic carbocycles. The zero-order valence-electron chi connectivity index (χ0n) is 8.56. The number of hydrogen-bond donors (Lipinski definition) is 1. The van der Waals surface area contributed by atoms with Crippen molar-refractivity contribution in [2.75, 3.05) is 0 Å². The molecule has 1 aromatic heterocycles. The normalized spacial score (nSPS) is 12.6. The molecule has 1 atom stereocenters. The number of hydrogen-bond acceptors (Lipinski definition) is 2. The van der Waals surface area contributed by atoms with Crippen molar-refractivity contribution < 1.29 is 0 Å². The highest BCUT2D eigenvalue weighted by Crippen LogP contribution is 2.23. The molecule has 0 radical (unpaired) electrons. The molecule has 0 amide bonds. The van der Waals surface area contributed by atoms with Crippen molar-refractivity contribution in [3.8, 4) is 0 Å². The average molecular weight is 198 g/mol. The van der Waals surface area contributed by atoms with Crippen molar-refractivity contribution in [2.24, 2.45) is 5.73 Å². The lowest BCUT2D eigenvalue weighted by Crippen LogP contribution is -2.09. The number of pyridine rings is 1. The van der Waals surface area contributed by atoms with Gasteiger partial charge in [0.05, 0.1) is 0 Å². The van der Waals surface area contributed by atoms with Gasteiger partial charge in [0.15, 0.2) is 0 Å². The Bertz CT molecular complexity index is 471. The van der Waals surface area contributed by atoms with Gasteiger partial charge in [0.2, 0.25) is 0 Å². The molecule has 0 aliphatic heterocycles. The molecule has 76 valence electrons. The monoisotopic (exact) mass is 198 g/mol. The standard InChI is InChI=1S/C13H14N2/c1-2-5-13(14)12-9-15-8-10-6-3-4-7-11(10)12/h2-4,6-9,13H,1,5,14H2/t13-/m0/s1. The largest absolute Gasteiger partial charge is 0.324 e. The minimum atomic E-state index is -0.0129. The molecule has 0 unspecified atom stereocenters. The van der Waals surface area contributed by atoms with Crippen LogP contribution in [0.2, 0.25) is 0 Å². The first-order chi connectivity index (χ1) is 7.33. The molecule has 2 nitrogen and oxygen atoms in total. The molecule has 15 heavy (non-hydrogen) atoms. The Balaban J connectivity index is 2.55. The summed E-state index contributed by atoms with van der Waals surface area (Å²) in [5.74, 6) is 0. The highest BCUT2D eigenvalue weighted by atomic mass is 14.7. The zero-order chi connectivity index (χ0) is 10.7. The Kier molecular flexibility index (Phi) is 2.79. The van der Waals surface area contributed by atoms with E-state index in [1.165, 1.54) is 5.39 Å². The first kappa shape index (κ1) is 9.87. The minimum Gasteiger partial charge on any atom is -0.324 e. The smallest absolute Gasteiger partial charge is 0.0351 e. The predicted octanol–water partition coefficient (Wildman–Crippen LogP) is 2.81. The summed E-state index contributed by atoms with van der Waals surface area (Å²) in [5, 5.41) is 2.32. The fraction of sp³-hybridized carbons (Fsp3) is 0.154. The summed E-state index contributed by atoms with van der Waals surface area (Å²) in [5.41, 5.74) is 7.15. The number of nitrogens with two attached hydrogens (primary N) is 1. The van der Waals surface area contributed by atoms with E-state index in [0.717, 1.165) is 17.4 Å². The second kappa shape index (κ2) is 4.24. The number of nitrogens with zero attached hydrogens (tertiary/aromatic N) is 1. The van der Waals surface area contributed by atoms with Gasteiger partial charge in [-0.2, -0.15) is 0 Å². The topological polar surface area (TPSA) is 38.9 Å². The summed E-state index contributed by atoms with van der Waals surface area (Å²) in [6.07, 6.45) is 6.32. The SMILES string of the molecule is C=CC[C@H](N)c1cncc2ccccc12. The van der Waals surface area contributed by atoms with Gasteiger partial charge < -0.3 is 5.73 Å². The molecule has 0 aliphatic rings. The molecule has 2 aromatic rings. The number of fused-ring (bicyclic) bond motifs is 1. The first-order valence-corrected chi connectivity index (χ1v) is 5.02. The summed E-state index contributed by atoms with van der Waals surface area (Å²) in [4.78, 5) is 4.20. The lowest BCUT2D eigenvalue weighted by molar-refractivity contribution is 0.744. The van der Waals surface area contributed by atoms with Crippen molar-refractivity contribution in [3.05, 3.63) is 54.9 Å². The highest BCUT2D eigenvalue weighted by Gasteiger charge is 2.07. The van der Waals surface area contributed by atoms with Crippen LogP contribution in [0.1, 0.15) is 18.0 Å². The van der Waals surface area contributed by atoms with E-state index in [-0.39, 0.29) is 6.04 Å². The first-order valence-electron chi connectivity index (χ1n) is 5.02. The molecule has 1 heterocycles. The van der Waals surface area contributed by atoms with Crippen LogP contribution in [0.5, 0.6) is 0 Å². The third kappa shape index (κ3) is 1.90. The molecular formula is C13H14N2. The van der Waals surface area contributed by atoms with E-state index in [9.17, 15) is 0 Å². The molecular weight excluding hydrogens is 184 g/mol. The summed E-state index contributed by atoms with van der Waals surface area (Å²) < 4.78 is 0. The van der Waals surface area contributed by atoms with Crippen molar-refractivity contribution in [3.63, 3.8) is 0 Å². The van der Waals surface area contributed by atoms with Crippen molar-refractivity contribution in [1.29, 1.82) is 0 Å². The van der Waals surface area contributed by atoms with Crippen molar-refractivity contribution in [2.45, 2.75) is 12.5 Å². The van der Waals surface area contributed by atoms with Crippen LogP contribution < -0.4 is 5.73 Å². The van der Waals surface area contributed by atoms with E-state index < -0.39 is 0 Å². The van der Waals surface area contributed by atoms with Gasteiger partial charge in [-0.3, -0.25) is 4.98 Å². The van der Waals surface area contributed by atoms with Crippen LogP contribution in [0.4, 0.5) is 0 Å². The van der Waals surface area contributed by atoms with Crippen molar-refractivity contribution >= 4 is 10.8 Å². The van der Waals surface area contributed by atoms with E-state index in [1.807, 2.05) is 36.7 Å². The lowest BCUT2D eigenvalue weighted by Gasteiger charge is -2.11. The summed E-state index contributed by atoms with van der Waals surface area (Å²) >= 11 is 0. The van der Waals surface area contributed by atoms with Crippen LogP contribution >= 0.6 is 0 Å². The quantitative estimate of drug-likeness (QED) is 0.770. The fourth-order valence-electron chi connectivity index (χ4n) is 1.74.